The highest BCUT2D eigenvalue weighted by molar-refractivity contribution is 6.33. The van der Waals surface area contributed by atoms with E-state index in [1.54, 1.807) is 6.92 Å². The molecule has 0 spiro atoms. The van der Waals surface area contributed by atoms with Gasteiger partial charge in [0.15, 0.2) is 0 Å². The van der Waals surface area contributed by atoms with Crippen LogP contribution in [0, 0.1) is 0 Å². The molecule has 4 atom stereocenters. The zero-order valence-corrected chi connectivity index (χ0v) is 21.1. The molecular formula is C26H29ClN4O6. The molecule has 4 N–H and O–H groups in total. The Morgan fingerprint density at radius 3 is 2.70 bits per heavy atom. The van der Waals surface area contributed by atoms with E-state index in [0.717, 1.165) is 5.56 Å². The van der Waals surface area contributed by atoms with Gasteiger partial charge in [-0.2, -0.15) is 0 Å². The summed E-state index contributed by atoms with van der Waals surface area (Å²) >= 11 is 5.99. The van der Waals surface area contributed by atoms with Gasteiger partial charge < -0.3 is 30.7 Å². The third kappa shape index (κ3) is 6.39. The number of carbonyl (C=O) groups is 4. The molecule has 196 valence electrons. The lowest BCUT2D eigenvalue weighted by molar-refractivity contribution is -0.168. The highest BCUT2D eigenvalue weighted by Crippen LogP contribution is 2.23. The van der Waals surface area contributed by atoms with Crippen molar-refractivity contribution < 1.29 is 28.7 Å². The summed E-state index contributed by atoms with van der Waals surface area (Å²) in [7, 11) is 0. The van der Waals surface area contributed by atoms with Crippen LogP contribution in [0.25, 0.3) is 0 Å². The molecule has 3 amide bonds. The first-order chi connectivity index (χ1) is 17.7. The molecular weight excluding hydrogens is 500 g/mol. The fraction of sp³-hybridized carbons (Fsp3) is 0.385. The monoisotopic (exact) mass is 528 g/mol. The normalized spacial score (nSPS) is 21.8. The van der Waals surface area contributed by atoms with Crippen LogP contribution in [0.4, 0.5) is 5.69 Å². The average Bonchev–Trinajstić information content (AvgIpc) is 3.51. The van der Waals surface area contributed by atoms with Crippen LogP contribution >= 0.6 is 11.6 Å². The maximum atomic E-state index is 13.1. The molecule has 0 bridgehead atoms. The number of carbonyl (C=O) groups excluding carboxylic acids is 4. The van der Waals surface area contributed by atoms with E-state index >= 15 is 0 Å². The Labute approximate surface area is 219 Å². The third-order valence-electron chi connectivity index (χ3n) is 6.37. The van der Waals surface area contributed by atoms with Crippen molar-refractivity contribution in [2.45, 2.75) is 57.2 Å². The summed E-state index contributed by atoms with van der Waals surface area (Å²) in [5.41, 5.74) is 7.20. The molecule has 2 fully saturated rings. The summed E-state index contributed by atoms with van der Waals surface area (Å²) in [6.07, 6.45) is 0.143. The summed E-state index contributed by atoms with van der Waals surface area (Å²) in [5.74, 6) is -1.74. The number of cyclic esters (lactones) is 1. The molecule has 11 heteroatoms. The number of ether oxygens (including phenoxy) is 2. The van der Waals surface area contributed by atoms with Crippen molar-refractivity contribution in [3.63, 3.8) is 0 Å². The molecule has 0 aliphatic carbocycles. The van der Waals surface area contributed by atoms with Crippen LogP contribution in [0.2, 0.25) is 5.02 Å². The Kier molecular flexibility index (Phi) is 8.30. The lowest BCUT2D eigenvalue weighted by Crippen LogP contribution is -2.54. The molecule has 10 nitrogen and oxygen atoms in total. The zero-order valence-electron chi connectivity index (χ0n) is 20.3. The second kappa shape index (κ2) is 11.6. The van der Waals surface area contributed by atoms with E-state index in [1.807, 2.05) is 30.3 Å². The van der Waals surface area contributed by atoms with Crippen LogP contribution in [0.1, 0.15) is 42.1 Å². The van der Waals surface area contributed by atoms with Gasteiger partial charge >= 0.3 is 5.97 Å². The largest absolute Gasteiger partial charge is 0.433 e. The van der Waals surface area contributed by atoms with Crippen molar-refractivity contribution in [1.29, 1.82) is 0 Å². The number of likely N-dealkylation sites (tertiary alicyclic amines) is 1. The molecule has 0 aromatic heterocycles. The molecule has 2 aliphatic rings. The van der Waals surface area contributed by atoms with Gasteiger partial charge in [0.1, 0.15) is 18.1 Å². The zero-order chi connectivity index (χ0) is 26.5. The predicted molar refractivity (Wildman–Crippen MR) is 135 cm³/mol. The summed E-state index contributed by atoms with van der Waals surface area (Å²) in [4.78, 5) is 52.3. The van der Waals surface area contributed by atoms with Crippen LogP contribution in [-0.2, 0) is 30.5 Å². The molecule has 2 heterocycles. The minimum absolute atomic E-state index is 0.0253. The Balaban J connectivity index is 1.34. The molecule has 37 heavy (non-hydrogen) atoms. The van der Waals surface area contributed by atoms with E-state index in [2.05, 4.69) is 10.6 Å². The van der Waals surface area contributed by atoms with Crippen LogP contribution in [0.3, 0.4) is 0 Å². The Bertz CT molecular complexity index is 1180. The molecule has 0 saturated carbocycles. The number of hydrogen-bond acceptors (Lipinski definition) is 7. The molecule has 2 aliphatic heterocycles. The van der Waals surface area contributed by atoms with Crippen LogP contribution in [0.15, 0.2) is 48.5 Å². The van der Waals surface area contributed by atoms with Gasteiger partial charge in [0.2, 0.25) is 18.1 Å². The fourth-order valence-corrected chi connectivity index (χ4v) is 4.58. The molecule has 2 aromatic rings. The smallest absolute Gasteiger partial charge is 0.310 e. The molecule has 4 rings (SSSR count). The van der Waals surface area contributed by atoms with Gasteiger partial charge in [-0.1, -0.05) is 41.9 Å². The third-order valence-corrected chi connectivity index (χ3v) is 6.69. The Morgan fingerprint density at radius 2 is 1.97 bits per heavy atom. The topological polar surface area (TPSA) is 140 Å². The van der Waals surface area contributed by atoms with Crippen molar-refractivity contribution in [1.82, 2.24) is 15.5 Å². The van der Waals surface area contributed by atoms with E-state index in [1.165, 1.54) is 23.1 Å². The van der Waals surface area contributed by atoms with Crippen molar-refractivity contribution in [3.05, 3.63) is 64.7 Å². The van der Waals surface area contributed by atoms with Gasteiger partial charge in [-0.15, -0.1) is 0 Å². The number of anilines is 1. The molecule has 2 saturated heterocycles. The van der Waals surface area contributed by atoms with Crippen molar-refractivity contribution in [2.75, 3.05) is 12.3 Å². The molecule has 1 unspecified atom stereocenters. The summed E-state index contributed by atoms with van der Waals surface area (Å²) in [5, 5.41) is 5.71. The van der Waals surface area contributed by atoms with E-state index in [0.29, 0.717) is 25.1 Å². The van der Waals surface area contributed by atoms with Gasteiger partial charge in [0.05, 0.1) is 23.7 Å². The first-order valence-corrected chi connectivity index (χ1v) is 12.4. The number of nitrogens with two attached hydrogens (primary N) is 1. The van der Waals surface area contributed by atoms with Gasteiger partial charge in [-0.05, 0) is 43.5 Å². The average molecular weight is 529 g/mol. The Hall–Kier alpha value is -3.63. The van der Waals surface area contributed by atoms with E-state index in [9.17, 15) is 19.2 Å². The van der Waals surface area contributed by atoms with E-state index < -0.39 is 42.2 Å². The van der Waals surface area contributed by atoms with Crippen LogP contribution in [0.5, 0.6) is 0 Å². The van der Waals surface area contributed by atoms with Gasteiger partial charge in [-0.3, -0.25) is 19.2 Å². The SMILES string of the molecule is C[C@H](NC(=O)c1ccc(N)c(Cl)c1)C(=O)N1CCC[C@H]1C(=O)NC1CC(=O)O[C@@H]1OCc1ccccc1. The van der Waals surface area contributed by atoms with Crippen LogP contribution < -0.4 is 16.4 Å². The number of halogens is 1. The number of hydrogen-bond donors (Lipinski definition) is 3. The maximum Gasteiger partial charge on any atom is 0.310 e. The second-order valence-corrected chi connectivity index (χ2v) is 9.50. The van der Waals surface area contributed by atoms with Crippen molar-refractivity contribution in [2.24, 2.45) is 0 Å². The van der Waals surface area contributed by atoms with Crippen LogP contribution in [-0.4, -0.2) is 59.6 Å². The van der Waals surface area contributed by atoms with E-state index in [-0.39, 0.29) is 29.5 Å². The first-order valence-electron chi connectivity index (χ1n) is 12.0. The Morgan fingerprint density at radius 1 is 1.22 bits per heavy atom. The fourth-order valence-electron chi connectivity index (χ4n) is 4.40. The second-order valence-electron chi connectivity index (χ2n) is 9.10. The lowest BCUT2D eigenvalue weighted by Gasteiger charge is -2.28. The first kappa shape index (κ1) is 26.4. The minimum atomic E-state index is -0.924. The number of benzene rings is 2. The standard InChI is InChI=1S/C26H29ClN4O6/c1-15(29-23(33)17-9-10-19(28)18(27)12-17)25(35)31-11-5-8-21(31)24(34)30-20-13-22(32)37-26(20)36-14-16-6-3-2-4-7-16/h2-4,6-7,9-10,12,15,20-21,26H,5,8,11,13-14,28H2,1H3,(H,29,33)(H,30,34)/t15-,20?,21-,26-/m0/s1. The summed E-state index contributed by atoms with van der Waals surface area (Å²) < 4.78 is 11.0. The predicted octanol–water partition coefficient (Wildman–Crippen LogP) is 2.01. The quantitative estimate of drug-likeness (QED) is 0.351. The minimum Gasteiger partial charge on any atom is -0.433 e. The number of nitrogens with zero attached hydrogens (tertiary/aromatic N) is 1. The molecule has 2 aromatic carbocycles. The van der Waals surface area contributed by atoms with Gasteiger partial charge in [-0.25, -0.2) is 0 Å². The maximum absolute atomic E-state index is 13.1. The number of rotatable bonds is 8. The highest BCUT2D eigenvalue weighted by atomic mass is 35.5. The number of nitrogens with one attached hydrogen (secondary N) is 2. The van der Waals surface area contributed by atoms with E-state index in [4.69, 9.17) is 26.8 Å². The van der Waals surface area contributed by atoms with Gasteiger partial charge in [0, 0.05) is 12.1 Å². The number of amides is 3. The van der Waals surface area contributed by atoms with Gasteiger partial charge in [0.25, 0.3) is 5.91 Å². The summed E-state index contributed by atoms with van der Waals surface area (Å²) in [6, 6.07) is 11.6. The highest BCUT2D eigenvalue weighted by Gasteiger charge is 2.41. The molecule has 0 radical (unpaired) electrons. The number of nitrogen functional groups attached to an aromatic ring is 1. The number of esters is 1. The van der Waals surface area contributed by atoms with Crippen molar-refractivity contribution in [3.8, 4) is 0 Å². The summed E-state index contributed by atoms with van der Waals surface area (Å²) in [6.45, 7) is 2.15. The lowest BCUT2D eigenvalue weighted by atomic mass is 10.1. The van der Waals surface area contributed by atoms with Crippen molar-refractivity contribution >= 4 is 41.0 Å².